The Balaban J connectivity index is 2.29. The van der Waals surface area contributed by atoms with Gasteiger partial charge in [0.25, 0.3) is 0 Å². The lowest BCUT2D eigenvalue weighted by molar-refractivity contribution is -0.148. The molecule has 2 N–H and O–H groups in total. The second-order valence-electron chi connectivity index (χ2n) is 2.82. The van der Waals surface area contributed by atoms with Gasteiger partial charge in [0.1, 0.15) is 0 Å². The Labute approximate surface area is 64.6 Å². The Hall–Kier alpha value is -1.06. The van der Waals surface area contributed by atoms with Gasteiger partial charge in [-0.05, 0) is 12.8 Å². The molecule has 0 atom stereocenters. The molecule has 11 heavy (non-hydrogen) atoms. The minimum absolute atomic E-state index is 0.0394. The average molecular weight is 157 g/mol. The van der Waals surface area contributed by atoms with E-state index in [0.717, 1.165) is 0 Å². The number of aliphatic carboxylic acids is 1. The van der Waals surface area contributed by atoms with Crippen LogP contribution in [0.15, 0.2) is 0 Å². The fourth-order valence-electron chi connectivity index (χ4n) is 1.24. The van der Waals surface area contributed by atoms with Crippen molar-refractivity contribution in [1.29, 1.82) is 0 Å². The van der Waals surface area contributed by atoms with Crippen LogP contribution < -0.4 is 5.32 Å². The van der Waals surface area contributed by atoms with Crippen molar-refractivity contribution in [3.8, 4) is 0 Å². The topological polar surface area (TPSA) is 66.4 Å². The van der Waals surface area contributed by atoms with Gasteiger partial charge in [-0.3, -0.25) is 9.59 Å². The third kappa shape index (κ3) is 1.50. The Morgan fingerprint density at radius 1 is 1.36 bits per heavy atom. The van der Waals surface area contributed by atoms with E-state index >= 15 is 0 Å². The highest BCUT2D eigenvalue weighted by atomic mass is 16.4. The number of carboxylic acids is 1. The van der Waals surface area contributed by atoms with Crippen LogP contribution in [0.5, 0.6) is 0 Å². The molecule has 0 saturated heterocycles. The van der Waals surface area contributed by atoms with Gasteiger partial charge in [0.2, 0.25) is 5.91 Å². The number of hydrogen-bond donors (Lipinski definition) is 2. The van der Waals surface area contributed by atoms with Gasteiger partial charge in [0.05, 0.1) is 5.92 Å². The van der Waals surface area contributed by atoms with Gasteiger partial charge in [-0.2, -0.15) is 0 Å². The van der Waals surface area contributed by atoms with Crippen LogP contribution in [0.2, 0.25) is 0 Å². The van der Waals surface area contributed by atoms with Gasteiger partial charge >= 0.3 is 5.97 Å². The molecule has 0 aromatic carbocycles. The maximum Gasteiger partial charge on any atom is 0.306 e. The molecule has 0 aliphatic heterocycles. The summed E-state index contributed by atoms with van der Waals surface area (Å²) >= 11 is 0. The van der Waals surface area contributed by atoms with E-state index in [1.807, 2.05) is 0 Å². The highest BCUT2D eigenvalue weighted by Gasteiger charge is 2.38. The molecule has 62 valence electrons. The Kier molecular flexibility index (Phi) is 2.12. The highest BCUT2D eigenvalue weighted by Crippen LogP contribution is 2.33. The van der Waals surface area contributed by atoms with E-state index in [2.05, 4.69) is 5.32 Å². The van der Waals surface area contributed by atoms with Crippen molar-refractivity contribution in [3.63, 3.8) is 0 Å². The molecule has 0 heterocycles. The zero-order valence-corrected chi connectivity index (χ0v) is 6.33. The first-order valence-corrected chi connectivity index (χ1v) is 3.59. The molecule has 1 aliphatic carbocycles. The summed E-state index contributed by atoms with van der Waals surface area (Å²) in [6, 6.07) is 0. The van der Waals surface area contributed by atoms with Crippen LogP contribution in [0.1, 0.15) is 12.8 Å². The van der Waals surface area contributed by atoms with Crippen LogP contribution in [-0.2, 0) is 9.59 Å². The maximum absolute atomic E-state index is 10.9. The Morgan fingerprint density at radius 2 is 1.91 bits per heavy atom. The molecule has 0 aromatic rings. The highest BCUT2D eigenvalue weighted by molar-refractivity contribution is 5.82. The minimum Gasteiger partial charge on any atom is -0.481 e. The van der Waals surface area contributed by atoms with E-state index in [9.17, 15) is 9.59 Å². The summed E-state index contributed by atoms with van der Waals surface area (Å²) in [7, 11) is 1.57. The first kappa shape index (κ1) is 8.04. The van der Waals surface area contributed by atoms with Crippen molar-refractivity contribution in [2.45, 2.75) is 12.8 Å². The summed E-state index contributed by atoms with van der Waals surface area (Å²) in [5.74, 6) is -1.19. The fourth-order valence-corrected chi connectivity index (χ4v) is 1.24. The number of nitrogens with one attached hydrogen (secondary N) is 1. The molecule has 4 heteroatoms. The number of amides is 1. The van der Waals surface area contributed by atoms with Crippen molar-refractivity contribution in [3.05, 3.63) is 0 Å². The van der Waals surface area contributed by atoms with Gasteiger partial charge in [-0.1, -0.05) is 0 Å². The number of carbonyl (C=O) groups is 2. The van der Waals surface area contributed by atoms with Crippen LogP contribution in [-0.4, -0.2) is 24.0 Å². The van der Waals surface area contributed by atoms with Crippen molar-refractivity contribution in [1.82, 2.24) is 5.32 Å². The van der Waals surface area contributed by atoms with E-state index in [1.165, 1.54) is 0 Å². The number of carbonyl (C=O) groups excluding carboxylic acids is 1. The quantitative estimate of drug-likeness (QED) is 0.585. The zero-order valence-electron chi connectivity index (χ0n) is 6.33. The molecular formula is C7H11NO3. The largest absolute Gasteiger partial charge is 0.481 e. The molecule has 1 amide bonds. The van der Waals surface area contributed by atoms with E-state index in [-0.39, 0.29) is 17.7 Å². The van der Waals surface area contributed by atoms with E-state index in [1.54, 1.807) is 7.05 Å². The Morgan fingerprint density at radius 3 is 2.27 bits per heavy atom. The molecule has 1 aliphatic rings. The van der Waals surface area contributed by atoms with Crippen LogP contribution >= 0.6 is 0 Å². The lowest BCUT2D eigenvalue weighted by atomic mass is 9.74. The average Bonchev–Trinajstić information content (AvgIpc) is 1.83. The lowest BCUT2D eigenvalue weighted by Gasteiger charge is -2.30. The lowest BCUT2D eigenvalue weighted by Crippen LogP contribution is -2.39. The van der Waals surface area contributed by atoms with Crippen LogP contribution in [0.25, 0.3) is 0 Å². The van der Waals surface area contributed by atoms with Gasteiger partial charge in [0.15, 0.2) is 0 Å². The molecule has 1 rings (SSSR count). The summed E-state index contributed by atoms with van der Waals surface area (Å²) < 4.78 is 0. The molecule has 0 spiro atoms. The summed E-state index contributed by atoms with van der Waals surface area (Å²) in [4.78, 5) is 21.2. The minimum atomic E-state index is -0.787. The third-order valence-corrected chi connectivity index (χ3v) is 2.10. The number of rotatable bonds is 2. The molecule has 1 fully saturated rings. The summed E-state index contributed by atoms with van der Waals surface area (Å²) in [5.41, 5.74) is 0. The molecule has 1 saturated carbocycles. The standard InChI is InChI=1S/C7H11NO3/c1-8-6(9)4-2-5(3-4)7(10)11/h4-5H,2-3H2,1H3,(H,8,9)(H,10,11)/t4-,5-. The van der Waals surface area contributed by atoms with Crippen LogP contribution in [0, 0.1) is 11.8 Å². The SMILES string of the molecule is CNC(=O)[C@H]1C[C@H](C(=O)O)C1. The molecule has 4 nitrogen and oxygen atoms in total. The monoisotopic (exact) mass is 157 g/mol. The van der Waals surface area contributed by atoms with Crippen molar-refractivity contribution in [2.24, 2.45) is 11.8 Å². The maximum atomic E-state index is 10.9. The first-order chi connectivity index (χ1) is 5.15. The van der Waals surface area contributed by atoms with E-state index in [0.29, 0.717) is 12.8 Å². The van der Waals surface area contributed by atoms with Gasteiger partial charge in [-0.15, -0.1) is 0 Å². The summed E-state index contributed by atoms with van der Waals surface area (Å²) in [6.45, 7) is 0. The predicted molar refractivity (Wildman–Crippen MR) is 37.9 cm³/mol. The zero-order chi connectivity index (χ0) is 8.43. The number of carboxylic acid groups (broad SMARTS) is 1. The van der Waals surface area contributed by atoms with Crippen molar-refractivity contribution < 1.29 is 14.7 Å². The molecule has 0 unspecified atom stereocenters. The Bertz CT molecular complexity index is 184. The van der Waals surface area contributed by atoms with Crippen LogP contribution in [0.3, 0.4) is 0 Å². The van der Waals surface area contributed by atoms with Gasteiger partial charge in [0, 0.05) is 13.0 Å². The van der Waals surface area contributed by atoms with Crippen molar-refractivity contribution in [2.75, 3.05) is 7.05 Å². The molecule has 0 bridgehead atoms. The normalized spacial score (nSPS) is 28.8. The van der Waals surface area contributed by atoms with Gasteiger partial charge < -0.3 is 10.4 Å². The first-order valence-electron chi connectivity index (χ1n) is 3.59. The van der Waals surface area contributed by atoms with Crippen LogP contribution in [0.4, 0.5) is 0 Å². The smallest absolute Gasteiger partial charge is 0.306 e. The van der Waals surface area contributed by atoms with Crippen molar-refractivity contribution >= 4 is 11.9 Å². The summed E-state index contributed by atoms with van der Waals surface area (Å²) in [5, 5.41) is 11.0. The molecule has 0 aromatic heterocycles. The van der Waals surface area contributed by atoms with E-state index < -0.39 is 5.97 Å². The fraction of sp³-hybridized carbons (Fsp3) is 0.714. The predicted octanol–water partition coefficient (Wildman–Crippen LogP) is -0.157. The second-order valence-corrected chi connectivity index (χ2v) is 2.82. The number of hydrogen-bond acceptors (Lipinski definition) is 2. The molecular weight excluding hydrogens is 146 g/mol. The third-order valence-electron chi connectivity index (χ3n) is 2.10. The second kappa shape index (κ2) is 2.90. The summed E-state index contributed by atoms with van der Waals surface area (Å²) in [6.07, 6.45) is 0.990. The molecule has 0 radical (unpaired) electrons. The van der Waals surface area contributed by atoms with Gasteiger partial charge in [-0.25, -0.2) is 0 Å². The van der Waals surface area contributed by atoms with E-state index in [4.69, 9.17) is 5.11 Å².